The summed E-state index contributed by atoms with van der Waals surface area (Å²) in [5.41, 5.74) is 0.885. The van der Waals surface area contributed by atoms with Crippen LogP contribution in [-0.2, 0) is 23.0 Å². The summed E-state index contributed by atoms with van der Waals surface area (Å²) in [7, 11) is -0.337. The van der Waals surface area contributed by atoms with Gasteiger partial charge in [0.25, 0.3) is 10.0 Å². The Morgan fingerprint density at radius 3 is 2.53 bits per heavy atom. The summed E-state index contributed by atoms with van der Waals surface area (Å²) in [4.78, 5) is 4.45. The number of hydrogen-bond donors (Lipinski definition) is 0. The van der Waals surface area contributed by atoms with Gasteiger partial charge in [-0.2, -0.15) is 0 Å². The van der Waals surface area contributed by atoms with Crippen LogP contribution in [0.5, 0.6) is 0 Å². The van der Waals surface area contributed by atoms with Gasteiger partial charge in [0.2, 0.25) is 0 Å². The number of rotatable bonds is 3. The fourth-order valence-corrected chi connectivity index (χ4v) is 3.58. The van der Waals surface area contributed by atoms with Crippen molar-refractivity contribution < 1.29 is 8.42 Å². The van der Waals surface area contributed by atoms with E-state index in [1.165, 1.54) is 4.31 Å². The van der Waals surface area contributed by atoms with E-state index in [0.29, 0.717) is 5.92 Å². The average molecular weight is 285 g/mol. The zero-order chi connectivity index (χ0) is 14.4. The lowest BCUT2D eigenvalue weighted by atomic mass is 9.98. The second kappa shape index (κ2) is 4.90. The molecule has 0 N–H and O–H groups in total. The quantitative estimate of drug-likeness (QED) is 0.851. The minimum absolute atomic E-state index is 0.235. The zero-order valence-corrected chi connectivity index (χ0v) is 13.2. The molecule has 108 valence electrons. The Balaban J connectivity index is 2.63. The zero-order valence-electron chi connectivity index (χ0n) is 12.3. The van der Waals surface area contributed by atoms with Crippen molar-refractivity contribution >= 4 is 10.0 Å². The molecule has 0 aliphatic carbocycles. The van der Waals surface area contributed by atoms with Crippen molar-refractivity contribution in [3.8, 4) is 0 Å². The van der Waals surface area contributed by atoms with E-state index in [9.17, 15) is 8.42 Å². The van der Waals surface area contributed by atoms with Crippen LogP contribution >= 0.6 is 0 Å². The number of hydrogen-bond acceptors (Lipinski definition) is 3. The molecule has 1 unspecified atom stereocenters. The van der Waals surface area contributed by atoms with Crippen molar-refractivity contribution in [3.63, 3.8) is 0 Å². The van der Waals surface area contributed by atoms with Crippen molar-refractivity contribution in [1.82, 2.24) is 13.9 Å². The van der Waals surface area contributed by atoms with Crippen LogP contribution in [0.2, 0.25) is 0 Å². The molecule has 0 saturated heterocycles. The van der Waals surface area contributed by atoms with Gasteiger partial charge in [0.05, 0.1) is 5.69 Å². The van der Waals surface area contributed by atoms with E-state index in [1.807, 2.05) is 0 Å². The molecule has 0 spiro atoms. The molecule has 2 heterocycles. The molecule has 5 nitrogen and oxygen atoms in total. The molecule has 2 rings (SSSR count). The van der Waals surface area contributed by atoms with E-state index < -0.39 is 10.0 Å². The number of aromatic nitrogens is 2. The Kier molecular flexibility index (Phi) is 3.75. The van der Waals surface area contributed by atoms with Crippen molar-refractivity contribution in [3.05, 3.63) is 11.5 Å². The average Bonchev–Trinajstić information content (AvgIpc) is 2.67. The number of imidazole rings is 1. The maximum absolute atomic E-state index is 12.4. The molecule has 0 aromatic carbocycles. The van der Waals surface area contributed by atoms with Gasteiger partial charge >= 0.3 is 0 Å². The topological polar surface area (TPSA) is 55.2 Å². The molecule has 19 heavy (non-hydrogen) atoms. The van der Waals surface area contributed by atoms with Crippen LogP contribution in [0.3, 0.4) is 0 Å². The fourth-order valence-electron chi connectivity index (χ4n) is 2.53. The molecule has 0 radical (unpaired) electrons. The SMILES string of the molecule is CC1CCn2c(C(C)C)nc(S(=O)(=O)N(C)C)c2C1. The van der Waals surface area contributed by atoms with Crippen LogP contribution in [0.15, 0.2) is 5.03 Å². The van der Waals surface area contributed by atoms with E-state index in [2.05, 4.69) is 30.3 Å². The van der Waals surface area contributed by atoms with Crippen molar-refractivity contribution in [2.24, 2.45) is 5.92 Å². The molecule has 1 aromatic heterocycles. The Labute approximate surface area is 115 Å². The van der Waals surface area contributed by atoms with Crippen LogP contribution in [0.25, 0.3) is 0 Å². The first-order valence-corrected chi connectivity index (χ1v) is 8.21. The molecule has 1 aliphatic heterocycles. The van der Waals surface area contributed by atoms with Gasteiger partial charge in [0.1, 0.15) is 5.82 Å². The van der Waals surface area contributed by atoms with Gasteiger partial charge in [0, 0.05) is 26.6 Å². The van der Waals surface area contributed by atoms with E-state index >= 15 is 0 Å². The Bertz CT molecular complexity index is 573. The predicted molar refractivity (Wildman–Crippen MR) is 74.7 cm³/mol. The highest BCUT2D eigenvalue weighted by molar-refractivity contribution is 7.89. The van der Waals surface area contributed by atoms with Gasteiger partial charge in [-0.05, 0) is 18.8 Å². The molecule has 0 bridgehead atoms. The van der Waals surface area contributed by atoms with Crippen LogP contribution in [0, 0.1) is 5.92 Å². The van der Waals surface area contributed by atoms with Gasteiger partial charge in [-0.25, -0.2) is 17.7 Å². The van der Waals surface area contributed by atoms with E-state index in [-0.39, 0.29) is 10.9 Å². The summed E-state index contributed by atoms with van der Waals surface area (Å²) >= 11 is 0. The minimum Gasteiger partial charge on any atom is -0.330 e. The van der Waals surface area contributed by atoms with Crippen LogP contribution in [0.4, 0.5) is 0 Å². The van der Waals surface area contributed by atoms with Crippen LogP contribution in [-0.4, -0.2) is 36.4 Å². The lowest BCUT2D eigenvalue weighted by Crippen LogP contribution is -2.26. The van der Waals surface area contributed by atoms with Gasteiger partial charge in [-0.3, -0.25) is 0 Å². The third-order valence-corrected chi connectivity index (χ3v) is 5.47. The molecule has 1 atom stereocenters. The van der Waals surface area contributed by atoms with Gasteiger partial charge in [-0.15, -0.1) is 0 Å². The summed E-state index contributed by atoms with van der Waals surface area (Å²) in [6.45, 7) is 7.15. The third kappa shape index (κ3) is 2.43. The van der Waals surface area contributed by atoms with Gasteiger partial charge in [0.15, 0.2) is 5.03 Å². The van der Waals surface area contributed by atoms with Gasteiger partial charge in [-0.1, -0.05) is 20.8 Å². The van der Waals surface area contributed by atoms with Crippen molar-refractivity contribution in [2.75, 3.05) is 14.1 Å². The smallest absolute Gasteiger partial charge is 0.261 e. The van der Waals surface area contributed by atoms with Gasteiger partial charge < -0.3 is 4.57 Å². The van der Waals surface area contributed by atoms with Crippen LogP contribution in [0.1, 0.15) is 44.6 Å². The predicted octanol–water partition coefficient (Wildman–Crippen LogP) is 1.84. The fraction of sp³-hybridized carbons (Fsp3) is 0.769. The minimum atomic E-state index is -3.45. The van der Waals surface area contributed by atoms with Crippen molar-refractivity contribution in [2.45, 2.75) is 51.1 Å². The lowest BCUT2D eigenvalue weighted by Gasteiger charge is -2.23. The highest BCUT2D eigenvalue weighted by Gasteiger charge is 2.32. The maximum atomic E-state index is 12.4. The summed E-state index contributed by atoms with van der Waals surface area (Å²) in [6.07, 6.45) is 1.88. The third-order valence-electron chi connectivity index (χ3n) is 3.69. The summed E-state index contributed by atoms with van der Waals surface area (Å²) in [5, 5.41) is 0.257. The summed E-state index contributed by atoms with van der Waals surface area (Å²) in [6, 6.07) is 0. The molecule has 1 aromatic rings. The largest absolute Gasteiger partial charge is 0.330 e. The molecule has 0 fully saturated rings. The molecular weight excluding hydrogens is 262 g/mol. The monoisotopic (exact) mass is 285 g/mol. The summed E-state index contributed by atoms with van der Waals surface area (Å²) < 4.78 is 28.2. The molecule has 1 aliphatic rings. The molecule has 6 heteroatoms. The van der Waals surface area contributed by atoms with Crippen LogP contribution < -0.4 is 0 Å². The second-order valence-corrected chi connectivity index (χ2v) is 7.98. The lowest BCUT2D eigenvalue weighted by molar-refractivity contribution is 0.400. The van der Waals surface area contributed by atoms with E-state index in [0.717, 1.165) is 30.9 Å². The normalized spacial score (nSPS) is 20.1. The van der Waals surface area contributed by atoms with E-state index in [1.54, 1.807) is 14.1 Å². The number of nitrogens with zero attached hydrogens (tertiary/aromatic N) is 3. The van der Waals surface area contributed by atoms with E-state index in [4.69, 9.17) is 0 Å². The molecule has 0 saturated carbocycles. The Hall–Kier alpha value is -0.880. The maximum Gasteiger partial charge on any atom is 0.261 e. The highest BCUT2D eigenvalue weighted by atomic mass is 32.2. The first-order valence-electron chi connectivity index (χ1n) is 6.77. The number of fused-ring (bicyclic) bond motifs is 1. The molecule has 0 amide bonds. The first kappa shape index (κ1) is 14.5. The standard InChI is InChI=1S/C13H23N3O2S/c1-9(2)12-14-13(19(17,18)15(4)5)11-8-10(3)6-7-16(11)12/h9-10H,6-8H2,1-5H3. The molecular formula is C13H23N3O2S. The van der Waals surface area contributed by atoms with Crippen molar-refractivity contribution in [1.29, 1.82) is 0 Å². The first-order chi connectivity index (χ1) is 8.75. The Morgan fingerprint density at radius 1 is 1.37 bits per heavy atom. The second-order valence-electron chi connectivity index (χ2n) is 5.91. The summed E-state index contributed by atoms with van der Waals surface area (Å²) in [5.74, 6) is 1.64. The highest BCUT2D eigenvalue weighted by Crippen LogP contribution is 2.30. The Morgan fingerprint density at radius 2 is 2.00 bits per heavy atom. The number of sulfonamides is 1.